The number of alkyl halides is 3. The molecule has 2 amide bonds. The average Bonchev–Trinajstić information content (AvgIpc) is 3.33. The molecular formula is C22H14F3NO4S. The quantitative estimate of drug-likeness (QED) is 0.476. The zero-order valence-corrected chi connectivity index (χ0v) is 16.6. The summed E-state index contributed by atoms with van der Waals surface area (Å²) in [6, 6.07) is 16.8. The molecule has 0 bridgehead atoms. The van der Waals surface area contributed by atoms with E-state index in [2.05, 4.69) is 4.74 Å². The lowest BCUT2D eigenvalue weighted by Crippen LogP contribution is -2.31. The molecule has 3 aromatic rings. The van der Waals surface area contributed by atoms with Crippen molar-refractivity contribution in [1.29, 1.82) is 0 Å². The first-order valence-electron chi connectivity index (χ1n) is 9.03. The standard InChI is InChI=1S/C22H14F3NO4S/c23-22(24,25)30-16-10-8-15(9-11-16)26-20(27)18(14-5-2-1-3-6-14)19(21(26)28)31-13-17-7-4-12-29-17/h1-12H,13H2. The van der Waals surface area contributed by atoms with Gasteiger partial charge in [0.15, 0.2) is 0 Å². The molecule has 0 saturated carbocycles. The number of rotatable bonds is 6. The third-order valence-corrected chi connectivity index (χ3v) is 5.47. The Bertz CT molecular complexity index is 1120. The Morgan fingerprint density at radius 3 is 2.23 bits per heavy atom. The highest BCUT2D eigenvalue weighted by Crippen LogP contribution is 2.40. The van der Waals surface area contributed by atoms with E-state index < -0.39 is 23.9 Å². The number of thioether (sulfide) groups is 1. The van der Waals surface area contributed by atoms with Crippen LogP contribution < -0.4 is 9.64 Å². The van der Waals surface area contributed by atoms with E-state index in [0.29, 0.717) is 17.1 Å². The van der Waals surface area contributed by atoms with Crippen molar-refractivity contribution >= 4 is 34.8 Å². The van der Waals surface area contributed by atoms with Gasteiger partial charge in [-0.25, -0.2) is 4.90 Å². The van der Waals surface area contributed by atoms with E-state index >= 15 is 0 Å². The molecule has 4 rings (SSSR count). The molecule has 2 heterocycles. The number of imide groups is 1. The zero-order valence-electron chi connectivity index (χ0n) is 15.8. The summed E-state index contributed by atoms with van der Waals surface area (Å²) in [6.07, 6.45) is -3.32. The van der Waals surface area contributed by atoms with Gasteiger partial charge < -0.3 is 9.15 Å². The van der Waals surface area contributed by atoms with Gasteiger partial charge in [0.2, 0.25) is 0 Å². The van der Waals surface area contributed by atoms with Gasteiger partial charge in [0.05, 0.1) is 28.2 Å². The monoisotopic (exact) mass is 445 g/mol. The maximum Gasteiger partial charge on any atom is 0.573 e. The minimum Gasteiger partial charge on any atom is -0.468 e. The maximum atomic E-state index is 13.2. The van der Waals surface area contributed by atoms with Gasteiger partial charge >= 0.3 is 6.36 Å². The van der Waals surface area contributed by atoms with Crippen LogP contribution in [0.5, 0.6) is 5.75 Å². The molecule has 1 aliphatic heterocycles. The van der Waals surface area contributed by atoms with E-state index in [1.807, 2.05) is 0 Å². The fourth-order valence-electron chi connectivity index (χ4n) is 3.07. The maximum absolute atomic E-state index is 13.2. The summed E-state index contributed by atoms with van der Waals surface area (Å²) in [7, 11) is 0. The fraction of sp³-hybridized carbons (Fsp3) is 0.0909. The van der Waals surface area contributed by atoms with Crippen LogP contribution in [0.3, 0.4) is 0 Å². The lowest BCUT2D eigenvalue weighted by Gasteiger charge is -2.16. The van der Waals surface area contributed by atoms with Crippen LogP contribution in [0.2, 0.25) is 0 Å². The Labute approximate surface area is 179 Å². The molecule has 0 atom stereocenters. The minimum atomic E-state index is -4.83. The lowest BCUT2D eigenvalue weighted by molar-refractivity contribution is -0.274. The summed E-state index contributed by atoms with van der Waals surface area (Å²) < 4.78 is 46.4. The van der Waals surface area contributed by atoms with E-state index in [-0.39, 0.29) is 16.2 Å². The summed E-state index contributed by atoms with van der Waals surface area (Å²) in [5.41, 5.74) is 0.951. The summed E-state index contributed by atoms with van der Waals surface area (Å²) in [5, 5.41) is 0. The Balaban J connectivity index is 1.66. The van der Waals surface area contributed by atoms with Gasteiger partial charge in [0.25, 0.3) is 11.8 Å². The number of amides is 2. The Kier molecular flexibility index (Phi) is 5.60. The van der Waals surface area contributed by atoms with E-state index in [1.54, 1.807) is 42.5 Å². The Hall–Kier alpha value is -3.46. The van der Waals surface area contributed by atoms with Gasteiger partial charge in [-0.3, -0.25) is 9.59 Å². The van der Waals surface area contributed by atoms with Crippen LogP contribution in [0.15, 0.2) is 82.3 Å². The molecule has 0 N–H and O–H groups in total. The molecule has 31 heavy (non-hydrogen) atoms. The van der Waals surface area contributed by atoms with Gasteiger partial charge in [-0.05, 0) is 42.0 Å². The van der Waals surface area contributed by atoms with Crippen molar-refractivity contribution in [3.05, 3.63) is 89.2 Å². The van der Waals surface area contributed by atoms with Gasteiger partial charge in [-0.1, -0.05) is 30.3 Å². The molecule has 0 saturated heterocycles. The highest BCUT2D eigenvalue weighted by molar-refractivity contribution is 8.03. The molecule has 1 aliphatic rings. The molecular weight excluding hydrogens is 431 g/mol. The van der Waals surface area contributed by atoms with Crippen LogP contribution in [-0.4, -0.2) is 18.2 Å². The van der Waals surface area contributed by atoms with Crippen LogP contribution in [0, 0.1) is 0 Å². The first-order chi connectivity index (χ1) is 14.8. The van der Waals surface area contributed by atoms with Crippen molar-refractivity contribution in [2.45, 2.75) is 12.1 Å². The predicted octanol–water partition coefficient (Wildman–Crippen LogP) is 5.40. The smallest absolute Gasteiger partial charge is 0.468 e. The average molecular weight is 445 g/mol. The first kappa shape index (κ1) is 20.8. The largest absolute Gasteiger partial charge is 0.573 e. The molecule has 0 aliphatic carbocycles. The SMILES string of the molecule is O=C1C(SCc2ccco2)=C(c2ccccc2)C(=O)N1c1ccc(OC(F)(F)F)cc1. The van der Waals surface area contributed by atoms with Crippen LogP contribution in [0.25, 0.3) is 5.57 Å². The van der Waals surface area contributed by atoms with Crippen LogP contribution in [0.4, 0.5) is 18.9 Å². The molecule has 158 valence electrons. The number of carbonyl (C=O) groups excluding carboxylic acids is 2. The molecule has 0 fully saturated rings. The molecule has 2 aromatic carbocycles. The molecule has 0 spiro atoms. The van der Waals surface area contributed by atoms with Crippen molar-refractivity contribution in [1.82, 2.24) is 0 Å². The Morgan fingerprint density at radius 2 is 1.61 bits per heavy atom. The van der Waals surface area contributed by atoms with Crippen molar-refractivity contribution in [2.75, 3.05) is 4.90 Å². The van der Waals surface area contributed by atoms with Gasteiger partial charge in [-0.15, -0.1) is 24.9 Å². The van der Waals surface area contributed by atoms with Gasteiger partial charge in [0.1, 0.15) is 11.5 Å². The normalized spacial score (nSPS) is 14.5. The van der Waals surface area contributed by atoms with Crippen molar-refractivity contribution in [3.63, 3.8) is 0 Å². The van der Waals surface area contributed by atoms with Crippen molar-refractivity contribution in [2.24, 2.45) is 0 Å². The third kappa shape index (κ3) is 4.51. The highest BCUT2D eigenvalue weighted by Gasteiger charge is 2.40. The number of carbonyl (C=O) groups is 2. The fourth-order valence-corrected chi connectivity index (χ4v) is 4.09. The van der Waals surface area contributed by atoms with Gasteiger partial charge in [0, 0.05) is 0 Å². The molecule has 0 radical (unpaired) electrons. The molecule has 0 unspecified atom stereocenters. The van der Waals surface area contributed by atoms with Crippen molar-refractivity contribution in [3.8, 4) is 5.75 Å². The van der Waals surface area contributed by atoms with Crippen LogP contribution in [0.1, 0.15) is 11.3 Å². The van der Waals surface area contributed by atoms with Crippen LogP contribution in [-0.2, 0) is 15.3 Å². The summed E-state index contributed by atoms with van der Waals surface area (Å²) in [6.45, 7) is 0. The number of halogens is 3. The van der Waals surface area contributed by atoms with Crippen molar-refractivity contribution < 1.29 is 31.9 Å². The van der Waals surface area contributed by atoms with E-state index in [1.165, 1.54) is 30.2 Å². The lowest BCUT2D eigenvalue weighted by atomic mass is 10.1. The number of benzene rings is 2. The highest BCUT2D eigenvalue weighted by atomic mass is 32.2. The van der Waals surface area contributed by atoms with E-state index in [4.69, 9.17) is 4.42 Å². The van der Waals surface area contributed by atoms with E-state index in [9.17, 15) is 22.8 Å². The number of nitrogens with zero attached hydrogens (tertiary/aromatic N) is 1. The summed E-state index contributed by atoms with van der Waals surface area (Å²) >= 11 is 1.17. The van der Waals surface area contributed by atoms with E-state index in [0.717, 1.165) is 17.0 Å². The minimum absolute atomic E-state index is 0.145. The first-order valence-corrected chi connectivity index (χ1v) is 10.0. The topological polar surface area (TPSA) is 59.8 Å². The summed E-state index contributed by atoms with van der Waals surface area (Å²) in [4.78, 5) is 27.5. The molecule has 1 aromatic heterocycles. The second kappa shape index (κ2) is 8.35. The number of furan rings is 1. The Morgan fingerprint density at radius 1 is 0.903 bits per heavy atom. The number of hydrogen-bond donors (Lipinski definition) is 0. The summed E-state index contributed by atoms with van der Waals surface area (Å²) in [5.74, 6) is -0.576. The molecule has 9 heteroatoms. The van der Waals surface area contributed by atoms with Gasteiger partial charge in [-0.2, -0.15) is 0 Å². The second-order valence-electron chi connectivity index (χ2n) is 6.43. The molecule has 5 nitrogen and oxygen atoms in total. The van der Waals surface area contributed by atoms with Crippen LogP contribution >= 0.6 is 11.8 Å². The zero-order chi connectivity index (χ0) is 22.0. The number of ether oxygens (including phenoxy) is 1. The third-order valence-electron chi connectivity index (χ3n) is 4.37. The predicted molar refractivity (Wildman–Crippen MR) is 109 cm³/mol. The number of hydrogen-bond acceptors (Lipinski definition) is 5. The number of anilines is 1. The second-order valence-corrected chi connectivity index (χ2v) is 7.41.